The lowest BCUT2D eigenvalue weighted by Crippen LogP contribution is -2.23. The first-order valence-corrected chi connectivity index (χ1v) is 8.27. The fourth-order valence-corrected chi connectivity index (χ4v) is 3.10. The number of thiophene rings is 1. The van der Waals surface area contributed by atoms with Gasteiger partial charge in [-0.25, -0.2) is 9.78 Å². The van der Waals surface area contributed by atoms with E-state index in [4.69, 9.17) is 4.74 Å². The molecule has 2 aromatic rings. The molecule has 0 aliphatic rings. The van der Waals surface area contributed by atoms with Crippen LogP contribution in [0.5, 0.6) is 0 Å². The van der Waals surface area contributed by atoms with Gasteiger partial charge in [-0.05, 0) is 36.9 Å². The lowest BCUT2D eigenvalue weighted by molar-refractivity contribution is -0.150. The van der Waals surface area contributed by atoms with Gasteiger partial charge in [-0.2, -0.15) is 13.2 Å². The third-order valence-electron chi connectivity index (χ3n) is 3.31. The second-order valence-corrected chi connectivity index (χ2v) is 5.92. The molecule has 24 heavy (non-hydrogen) atoms. The molecule has 2 rings (SSSR count). The number of nitrogens with one attached hydrogen (secondary N) is 1. The number of anilines is 1. The van der Waals surface area contributed by atoms with Gasteiger partial charge in [0.15, 0.2) is 0 Å². The normalized spacial score (nSPS) is 12.7. The monoisotopic (exact) mass is 358 g/mol. The number of nitrogens with zero attached hydrogens (tertiary/aromatic N) is 1. The van der Waals surface area contributed by atoms with Gasteiger partial charge < -0.3 is 10.1 Å². The minimum Gasteiger partial charge on any atom is -0.462 e. The van der Waals surface area contributed by atoms with E-state index in [-0.39, 0.29) is 35.8 Å². The van der Waals surface area contributed by atoms with E-state index in [1.807, 2.05) is 0 Å². The molecule has 0 saturated heterocycles. The van der Waals surface area contributed by atoms with Crippen LogP contribution in [0.4, 0.5) is 19.0 Å². The van der Waals surface area contributed by atoms with Gasteiger partial charge >= 0.3 is 12.1 Å². The zero-order valence-electron chi connectivity index (χ0n) is 13.0. The van der Waals surface area contributed by atoms with Crippen LogP contribution in [-0.2, 0) is 4.74 Å². The predicted molar refractivity (Wildman–Crippen MR) is 86.4 cm³/mol. The van der Waals surface area contributed by atoms with Gasteiger partial charge in [-0.3, -0.25) is 0 Å². The maximum absolute atomic E-state index is 13.2. The second kappa shape index (κ2) is 8.14. The summed E-state index contributed by atoms with van der Waals surface area (Å²) in [6.45, 7) is 1.92. The molecule has 1 atom stereocenters. The van der Waals surface area contributed by atoms with Crippen molar-refractivity contribution in [2.75, 3.05) is 18.5 Å². The van der Waals surface area contributed by atoms with Crippen molar-refractivity contribution in [1.82, 2.24) is 4.98 Å². The molecule has 0 saturated carbocycles. The first-order valence-electron chi connectivity index (χ1n) is 7.39. The Balaban J connectivity index is 2.04. The van der Waals surface area contributed by atoms with Gasteiger partial charge in [0.05, 0.1) is 12.5 Å². The molecule has 0 radical (unpaired) electrons. The molecule has 130 valence electrons. The standard InChI is InChI=1S/C16H17F3N2O2S/c1-2-23-15(22)11-5-3-8-20-14(11)21-9-7-12(16(17,18)19)13-6-4-10-24-13/h3-6,8,10,12H,2,7,9H2,1H3,(H,20,21)/t12-/m0/s1. The maximum Gasteiger partial charge on any atom is 0.396 e. The Morgan fingerprint density at radius 3 is 2.79 bits per heavy atom. The fraction of sp³-hybridized carbons (Fsp3) is 0.375. The number of carbonyl (C=O) groups excluding carboxylic acids is 1. The lowest BCUT2D eigenvalue weighted by Gasteiger charge is -2.19. The number of rotatable bonds is 7. The van der Waals surface area contributed by atoms with Crippen LogP contribution in [0.2, 0.25) is 0 Å². The molecule has 0 unspecified atom stereocenters. The Morgan fingerprint density at radius 2 is 2.17 bits per heavy atom. The fourth-order valence-electron chi connectivity index (χ4n) is 2.21. The average molecular weight is 358 g/mol. The summed E-state index contributed by atoms with van der Waals surface area (Å²) in [6.07, 6.45) is -3.00. The molecule has 0 bridgehead atoms. The number of hydrogen-bond acceptors (Lipinski definition) is 5. The molecule has 0 aromatic carbocycles. The highest BCUT2D eigenvalue weighted by Gasteiger charge is 2.40. The maximum atomic E-state index is 13.2. The van der Waals surface area contributed by atoms with Gasteiger partial charge in [-0.15, -0.1) is 11.3 Å². The van der Waals surface area contributed by atoms with E-state index in [1.54, 1.807) is 24.4 Å². The van der Waals surface area contributed by atoms with Crippen LogP contribution in [0, 0.1) is 0 Å². The van der Waals surface area contributed by atoms with E-state index in [2.05, 4.69) is 10.3 Å². The molecule has 0 fully saturated rings. The Kier molecular flexibility index (Phi) is 6.19. The van der Waals surface area contributed by atoms with Gasteiger partial charge in [-0.1, -0.05) is 6.07 Å². The topological polar surface area (TPSA) is 51.2 Å². The van der Waals surface area contributed by atoms with Crippen LogP contribution < -0.4 is 5.32 Å². The summed E-state index contributed by atoms with van der Waals surface area (Å²) in [5.41, 5.74) is 0.207. The van der Waals surface area contributed by atoms with E-state index < -0.39 is 18.1 Å². The van der Waals surface area contributed by atoms with E-state index in [1.165, 1.54) is 18.3 Å². The second-order valence-electron chi connectivity index (χ2n) is 4.95. The van der Waals surface area contributed by atoms with Crippen LogP contribution in [0.15, 0.2) is 35.8 Å². The summed E-state index contributed by atoms with van der Waals surface area (Å²) < 4.78 is 44.5. The first kappa shape index (κ1) is 18.3. The molecule has 2 heterocycles. The summed E-state index contributed by atoms with van der Waals surface area (Å²) in [5, 5.41) is 4.43. The quantitative estimate of drug-likeness (QED) is 0.742. The minimum absolute atomic E-state index is 0.0332. The number of alkyl halides is 3. The third-order valence-corrected chi connectivity index (χ3v) is 4.30. The van der Waals surface area contributed by atoms with Crippen molar-refractivity contribution in [3.05, 3.63) is 46.3 Å². The van der Waals surface area contributed by atoms with Crippen molar-refractivity contribution in [3.63, 3.8) is 0 Å². The number of aromatic nitrogens is 1. The van der Waals surface area contributed by atoms with Crippen LogP contribution in [0.25, 0.3) is 0 Å². The van der Waals surface area contributed by atoms with E-state index >= 15 is 0 Å². The Hall–Kier alpha value is -2.09. The highest BCUT2D eigenvalue weighted by molar-refractivity contribution is 7.10. The Bertz CT molecular complexity index is 660. The molecule has 0 aliphatic carbocycles. The van der Waals surface area contributed by atoms with Gasteiger partial charge in [0.25, 0.3) is 0 Å². The number of hydrogen-bond donors (Lipinski definition) is 1. The van der Waals surface area contributed by atoms with Crippen molar-refractivity contribution >= 4 is 23.1 Å². The van der Waals surface area contributed by atoms with Gasteiger partial charge in [0.1, 0.15) is 11.4 Å². The molecule has 2 aromatic heterocycles. The van der Waals surface area contributed by atoms with E-state index in [0.29, 0.717) is 0 Å². The molecule has 8 heteroatoms. The largest absolute Gasteiger partial charge is 0.462 e. The van der Waals surface area contributed by atoms with Crippen LogP contribution in [0.1, 0.15) is 34.5 Å². The van der Waals surface area contributed by atoms with Crippen molar-refractivity contribution < 1.29 is 22.7 Å². The summed E-state index contributed by atoms with van der Waals surface area (Å²) in [6, 6.07) is 6.17. The zero-order valence-corrected chi connectivity index (χ0v) is 13.8. The van der Waals surface area contributed by atoms with Gasteiger partial charge in [0, 0.05) is 17.6 Å². The van der Waals surface area contributed by atoms with Crippen LogP contribution >= 0.6 is 11.3 Å². The molecule has 0 amide bonds. The van der Waals surface area contributed by atoms with Crippen molar-refractivity contribution in [3.8, 4) is 0 Å². The Labute approximate surface area is 141 Å². The van der Waals surface area contributed by atoms with E-state index in [9.17, 15) is 18.0 Å². The lowest BCUT2D eigenvalue weighted by atomic mass is 10.0. The SMILES string of the molecule is CCOC(=O)c1cccnc1NCC[C@@H](c1cccs1)C(F)(F)F. The van der Waals surface area contributed by atoms with Crippen molar-refractivity contribution in [1.29, 1.82) is 0 Å². The number of halogens is 3. The first-order chi connectivity index (χ1) is 11.4. The predicted octanol–water partition coefficient (Wildman–Crippen LogP) is 4.47. The molecule has 0 aliphatic heterocycles. The van der Waals surface area contributed by atoms with Crippen molar-refractivity contribution in [2.24, 2.45) is 0 Å². The number of carbonyl (C=O) groups is 1. The summed E-state index contributed by atoms with van der Waals surface area (Å²) >= 11 is 1.08. The molecular formula is C16H17F3N2O2S. The number of esters is 1. The molecular weight excluding hydrogens is 341 g/mol. The van der Waals surface area contributed by atoms with Crippen LogP contribution in [0.3, 0.4) is 0 Å². The van der Waals surface area contributed by atoms with Gasteiger partial charge in [0.2, 0.25) is 0 Å². The third kappa shape index (κ3) is 4.70. The van der Waals surface area contributed by atoms with Crippen LogP contribution in [-0.4, -0.2) is 30.3 Å². The number of pyridine rings is 1. The Morgan fingerprint density at radius 1 is 1.38 bits per heavy atom. The average Bonchev–Trinajstić information content (AvgIpc) is 3.04. The molecule has 0 spiro atoms. The summed E-state index contributed by atoms with van der Waals surface area (Å²) in [5.74, 6) is -1.87. The summed E-state index contributed by atoms with van der Waals surface area (Å²) in [4.78, 5) is 16.1. The highest BCUT2D eigenvalue weighted by Crippen LogP contribution is 2.39. The highest BCUT2D eigenvalue weighted by atomic mass is 32.1. The summed E-state index contributed by atoms with van der Waals surface area (Å²) in [7, 11) is 0. The number of ether oxygens (including phenoxy) is 1. The smallest absolute Gasteiger partial charge is 0.396 e. The molecule has 1 N–H and O–H groups in total. The zero-order chi connectivity index (χ0) is 17.6. The molecule has 4 nitrogen and oxygen atoms in total. The minimum atomic E-state index is -4.32. The van der Waals surface area contributed by atoms with Crippen molar-refractivity contribution in [2.45, 2.75) is 25.4 Å². The van der Waals surface area contributed by atoms with E-state index in [0.717, 1.165) is 11.3 Å².